The highest BCUT2D eigenvalue weighted by Gasteiger charge is 2.51. The average molecular weight is 342 g/mol. The molecule has 2 aliphatic rings. The van der Waals surface area contributed by atoms with Gasteiger partial charge in [0.1, 0.15) is 6.23 Å². The monoisotopic (exact) mass is 342 g/mol. The highest BCUT2D eigenvalue weighted by molar-refractivity contribution is 7.57. The summed E-state index contributed by atoms with van der Waals surface area (Å²) in [6, 6.07) is 1.29. The standard InChI is InChI=1S/C14H19N2O6P/c1-20-23(19,21-2)8-6-14-5-3-10(9-14)12(22-14)16-7-4-11(17)15-13(16)18/h4,6-8,10,12H,3,5,9H2,1-2H3,(H,15,17,18)/b8-6+/t10-,12-,14-/m1/s1. The van der Waals surface area contributed by atoms with Crippen molar-refractivity contribution in [2.24, 2.45) is 5.92 Å². The van der Waals surface area contributed by atoms with Gasteiger partial charge in [-0.1, -0.05) is 0 Å². The van der Waals surface area contributed by atoms with Crippen molar-refractivity contribution >= 4 is 7.60 Å². The quantitative estimate of drug-likeness (QED) is 0.816. The first kappa shape index (κ1) is 16.4. The molecule has 1 aromatic rings. The number of rotatable bonds is 5. The van der Waals surface area contributed by atoms with Crippen LogP contribution in [0.3, 0.4) is 0 Å². The molecule has 126 valence electrons. The van der Waals surface area contributed by atoms with Crippen LogP contribution < -0.4 is 11.2 Å². The predicted molar refractivity (Wildman–Crippen MR) is 82.3 cm³/mol. The van der Waals surface area contributed by atoms with E-state index < -0.39 is 30.7 Å². The molecule has 2 fully saturated rings. The molecule has 0 unspecified atom stereocenters. The molecule has 0 spiro atoms. The lowest BCUT2D eigenvalue weighted by molar-refractivity contribution is -0.0820. The van der Waals surface area contributed by atoms with E-state index in [0.717, 1.165) is 12.8 Å². The maximum Gasteiger partial charge on any atom is 0.353 e. The Morgan fingerprint density at radius 1 is 1.43 bits per heavy atom. The topological polar surface area (TPSA) is 99.6 Å². The Morgan fingerprint density at radius 2 is 2.17 bits per heavy atom. The fourth-order valence-electron chi connectivity index (χ4n) is 3.29. The Bertz CT molecular complexity index is 776. The SMILES string of the molecule is COP(=O)(/C=C/[C@]12CC[C@H](C1)[C@H](n1ccc(=O)[nH]c1=O)O2)OC. The molecule has 1 aromatic heterocycles. The number of fused-ring (bicyclic) bond motifs is 2. The van der Waals surface area contributed by atoms with E-state index in [1.54, 1.807) is 6.08 Å². The highest BCUT2D eigenvalue weighted by atomic mass is 31.2. The molecule has 1 saturated heterocycles. The van der Waals surface area contributed by atoms with Gasteiger partial charge in [-0.15, -0.1) is 0 Å². The van der Waals surface area contributed by atoms with Crippen molar-refractivity contribution in [3.8, 4) is 0 Å². The van der Waals surface area contributed by atoms with Gasteiger partial charge in [0.25, 0.3) is 5.56 Å². The van der Waals surface area contributed by atoms with Crippen LogP contribution in [0.15, 0.2) is 33.7 Å². The molecule has 0 aromatic carbocycles. The van der Waals surface area contributed by atoms with E-state index in [1.807, 2.05) is 0 Å². The molecular formula is C14H19N2O6P. The van der Waals surface area contributed by atoms with Crippen LogP contribution >= 0.6 is 7.60 Å². The number of nitrogens with zero attached hydrogens (tertiary/aromatic N) is 1. The van der Waals surface area contributed by atoms with Crippen LogP contribution in [0, 0.1) is 5.92 Å². The number of nitrogens with one attached hydrogen (secondary N) is 1. The first-order valence-corrected chi connectivity index (χ1v) is 8.92. The van der Waals surface area contributed by atoms with Crippen molar-refractivity contribution in [3.05, 3.63) is 45.0 Å². The Morgan fingerprint density at radius 3 is 2.83 bits per heavy atom. The molecule has 1 saturated carbocycles. The highest BCUT2D eigenvalue weighted by Crippen LogP contribution is 2.55. The van der Waals surface area contributed by atoms with Crippen LogP contribution in [0.1, 0.15) is 25.5 Å². The molecule has 1 aliphatic heterocycles. The number of aromatic nitrogens is 2. The first-order valence-electron chi connectivity index (χ1n) is 7.31. The molecule has 3 rings (SSSR count). The van der Waals surface area contributed by atoms with E-state index in [1.165, 1.54) is 36.9 Å². The third-order valence-corrected chi connectivity index (χ3v) is 6.03. The zero-order valence-corrected chi connectivity index (χ0v) is 13.8. The van der Waals surface area contributed by atoms with Gasteiger partial charge in [0.2, 0.25) is 0 Å². The van der Waals surface area contributed by atoms with E-state index in [2.05, 4.69) is 4.98 Å². The van der Waals surface area contributed by atoms with Gasteiger partial charge < -0.3 is 13.8 Å². The van der Waals surface area contributed by atoms with Gasteiger partial charge in [0, 0.05) is 38.2 Å². The van der Waals surface area contributed by atoms with Gasteiger partial charge >= 0.3 is 13.3 Å². The van der Waals surface area contributed by atoms with Gasteiger partial charge in [-0.25, -0.2) is 4.79 Å². The molecule has 3 atom stereocenters. The van der Waals surface area contributed by atoms with Crippen molar-refractivity contribution in [2.45, 2.75) is 31.1 Å². The molecule has 8 nitrogen and oxygen atoms in total. The summed E-state index contributed by atoms with van der Waals surface area (Å²) in [6.07, 6.45) is 5.09. The largest absolute Gasteiger partial charge is 0.353 e. The molecule has 23 heavy (non-hydrogen) atoms. The first-order chi connectivity index (χ1) is 10.9. The minimum Gasteiger partial charge on any atom is -0.347 e. The van der Waals surface area contributed by atoms with E-state index in [4.69, 9.17) is 13.8 Å². The maximum absolute atomic E-state index is 12.1. The van der Waals surface area contributed by atoms with Crippen molar-refractivity contribution in [3.63, 3.8) is 0 Å². The number of hydrogen-bond acceptors (Lipinski definition) is 6. The van der Waals surface area contributed by atoms with E-state index in [0.29, 0.717) is 6.42 Å². The summed E-state index contributed by atoms with van der Waals surface area (Å²) in [5.41, 5.74) is -1.52. The average Bonchev–Trinajstić information content (AvgIpc) is 3.11. The van der Waals surface area contributed by atoms with E-state index in [9.17, 15) is 14.2 Å². The fourth-order valence-corrected chi connectivity index (χ4v) is 4.14. The zero-order chi connectivity index (χ0) is 16.7. The lowest BCUT2D eigenvalue weighted by Gasteiger charge is -2.29. The summed E-state index contributed by atoms with van der Waals surface area (Å²) in [7, 11) is -0.613. The summed E-state index contributed by atoms with van der Waals surface area (Å²) < 4.78 is 29.4. The number of aromatic amines is 1. The molecule has 1 aliphatic carbocycles. The number of ether oxygens (including phenoxy) is 1. The molecule has 0 radical (unpaired) electrons. The van der Waals surface area contributed by atoms with Crippen molar-refractivity contribution in [1.29, 1.82) is 0 Å². The van der Waals surface area contributed by atoms with Crippen molar-refractivity contribution in [1.82, 2.24) is 9.55 Å². The van der Waals surface area contributed by atoms with Crippen LogP contribution in [0.2, 0.25) is 0 Å². The lowest BCUT2D eigenvalue weighted by Crippen LogP contribution is -2.36. The Hall–Kier alpha value is -1.47. The molecule has 2 heterocycles. The second kappa shape index (κ2) is 5.87. The van der Waals surface area contributed by atoms with E-state index in [-0.39, 0.29) is 5.92 Å². The van der Waals surface area contributed by atoms with Crippen LogP contribution in [-0.2, 0) is 18.3 Å². The molecule has 2 bridgehead atoms. The van der Waals surface area contributed by atoms with Gasteiger partial charge in [0.05, 0.1) is 5.60 Å². The third kappa shape index (κ3) is 2.99. The van der Waals surface area contributed by atoms with Gasteiger partial charge in [0.15, 0.2) is 0 Å². The summed E-state index contributed by atoms with van der Waals surface area (Å²) in [6.45, 7) is 0. The normalized spacial score (nSPS) is 30.3. The molecule has 9 heteroatoms. The molecule has 0 amide bonds. The second-order valence-corrected chi connectivity index (χ2v) is 7.92. The van der Waals surface area contributed by atoms with Gasteiger partial charge in [-0.05, 0) is 25.3 Å². The minimum absolute atomic E-state index is 0.160. The Labute approximate surface area is 132 Å². The van der Waals surface area contributed by atoms with Gasteiger partial charge in [-0.3, -0.25) is 18.9 Å². The zero-order valence-electron chi connectivity index (χ0n) is 12.9. The Balaban J connectivity index is 1.86. The number of H-pyrrole nitrogens is 1. The lowest BCUT2D eigenvalue weighted by atomic mass is 10.0. The third-order valence-electron chi connectivity index (χ3n) is 4.50. The Kier molecular flexibility index (Phi) is 4.18. The maximum atomic E-state index is 12.1. The number of hydrogen-bond donors (Lipinski definition) is 1. The van der Waals surface area contributed by atoms with Crippen LogP contribution in [0.25, 0.3) is 0 Å². The summed E-state index contributed by atoms with van der Waals surface area (Å²) in [5, 5.41) is 0. The van der Waals surface area contributed by atoms with E-state index >= 15 is 0 Å². The molecule has 1 N–H and O–H groups in total. The summed E-state index contributed by atoms with van der Waals surface area (Å²) >= 11 is 0. The van der Waals surface area contributed by atoms with Crippen molar-refractivity contribution in [2.75, 3.05) is 14.2 Å². The fraction of sp³-hybridized carbons (Fsp3) is 0.571. The molecular weight excluding hydrogens is 323 g/mol. The smallest absolute Gasteiger partial charge is 0.347 e. The second-order valence-electron chi connectivity index (χ2n) is 5.81. The predicted octanol–water partition coefficient (Wildman–Crippen LogP) is 1.60. The van der Waals surface area contributed by atoms with Crippen LogP contribution in [0.4, 0.5) is 0 Å². The van der Waals surface area contributed by atoms with Crippen LogP contribution in [0.5, 0.6) is 0 Å². The van der Waals surface area contributed by atoms with Crippen molar-refractivity contribution < 1.29 is 18.3 Å². The van der Waals surface area contributed by atoms with Crippen LogP contribution in [-0.4, -0.2) is 29.4 Å². The summed E-state index contributed by atoms with van der Waals surface area (Å²) in [5.74, 6) is 1.57. The van der Waals surface area contributed by atoms with Gasteiger partial charge in [-0.2, -0.15) is 0 Å². The minimum atomic E-state index is -3.26. The summed E-state index contributed by atoms with van der Waals surface area (Å²) in [4.78, 5) is 25.4.